The fraction of sp³-hybridized carbons (Fsp3) is 0.0667. The van der Waals surface area contributed by atoms with Crippen molar-refractivity contribution in [3.63, 3.8) is 0 Å². The number of hydrogen-bond donors (Lipinski definition) is 0. The number of nitrogens with zero attached hydrogens (tertiary/aromatic N) is 1. The first-order chi connectivity index (χ1) is 9.31. The molecule has 0 aliphatic heterocycles. The van der Waals surface area contributed by atoms with Gasteiger partial charge in [-0.3, -0.25) is 4.79 Å². The van der Waals surface area contributed by atoms with Crippen molar-refractivity contribution in [1.29, 1.82) is 0 Å². The second-order valence-electron chi connectivity index (χ2n) is 3.85. The van der Waals surface area contributed by atoms with Crippen LogP contribution in [-0.4, -0.2) is 12.5 Å². The molecule has 96 valence electrons. The molecule has 2 aromatic carbocycles. The molecule has 19 heavy (non-hydrogen) atoms. The maximum absolute atomic E-state index is 11.8. The predicted octanol–water partition coefficient (Wildman–Crippen LogP) is 2.99. The zero-order valence-electron chi connectivity index (χ0n) is 10.2. The molecule has 0 aliphatic rings. The molecule has 0 bridgehead atoms. The van der Waals surface area contributed by atoms with Crippen molar-refractivity contribution < 1.29 is 14.3 Å². The minimum atomic E-state index is -0.690. The van der Waals surface area contributed by atoms with E-state index < -0.39 is 6.09 Å². The highest BCUT2D eigenvalue weighted by Crippen LogP contribution is 2.13. The molecule has 2 rings (SSSR count). The third kappa shape index (κ3) is 3.42. The Kier molecular flexibility index (Phi) is 4.29. The zero-order valence-corrected chi connectivity index (χ0v) is 10.2. The van der Waals surface area contributed by atoms with Gasteiger partial charge in [0.05, 0.1) is 5.69 Å². The third-order valence-electron chi connectivity index (χ3n) is 2.54. The summed E-state index contributed by atoms with van der Waals surface area (Å²) in [6, 6.07) is 17.9. The van der Waals surface area contributed by atoms with E-state index in [0.29, 0.717) is 12.1 Å². The SMILES string of the molecule is O=CN(C(=O)OCc1ccccc1)c1ccccc1. The van der Waals surface area contributed by atoms with Crippen molar-refractivity contribution in [3.8, 4) is 0 Å². The fourth-order valence-corrected chi connectivity index (χ4v) is 1.59. The van der Waals surface area contributed by atoms with Gasteiger partial charge in [-0.2, -0.15) is 0 Å². The Labute approximate surface area is 111 Å². The minimum absolute atomic E-state index is 0.136. The lowest BCUT2D eigenvalue weighted by atomic mass is 10.2. The highest BCUT2D eigenvalue weighted by atomic mass is 16.6. The number of rotatable bonds is 4. The molecule has 0 heterocycles. The molecule has 0 N–H and O–H groups in total. The van der Waals surface area contributed by atoms with Gasteiger partial charge in [-0.25, -0.2) is 9.69 Å². The Hall–Kier alpha value is -2.62. The number of ether oxygens (including phenoxy) is 1. The van der Waals surface area contributed by atoms with E-state index in [9.17, 15) is 9.59 Å². The average Bonchev–Trinajstić information content (AvgIpc) is 2.48. The Morgan fingerprint density at radius 3 is 2.16 bits per heavy atom. The molecule has 2 aromatic rings. The zero-order chi connectivity index (χ0) is 13.5. The molecule has 0 unspecified atom stereocenters. The largest absolute Gasteiger partial charge is 0.444 e. The first kappa shape index (κ1) is 12.8. The van der Waals surface area contributed by atoms with Crippen LogP contribution in [0.4, 0.5) is 10.5 Å². The van der Waals surface area contributed by atoms with Gasteiger partial charge in [0.2, 0.25) is 6.41 Å². The Morgan fingerprint density at radius 2 is 1.58 bits per heavy atom. The standard InChI is InChI=1S/C15H13NO3/c17-12-16(14-9-5-2-6-10-14)15(18)19-11-13-7-3-1-4-8-13/h1-10,12H,11H2. The summed E-state index contributed by atoms with van der Waals surface area (Å²) in [5.74, 6) is 0. The summed E-state index contributed by atoms with van der Waals surface area (Å²) in [4.78, 5) is 23.7. The van der Waals surface area contributed by atoms with Gasteiger partial charge in [0.25, 0.3) is 0 Å². The van der Waals surface area contributed by atoms with Crippen molar-refractivity contribution in [2.75, 3.05) is 4.90 Å². The number of anilines is 1. The lowest BCUT2D eigenvalue weighted by molar-refractivity contribution is -0.107. The molecule has 0 radical (unpaired) electrons. The summed E-state index contributed by atoms with van der Waals surface area (Å²) in [5, 5.41) is 0. The van der Waals surface area contributed by atoms with Crippen LogP contribution in [0.25, 0.3) is 0 Å². The Bertz CT molecular complexity index is 540. The highest BCUT2D eigenvalue weighted by Gasteiger charge is 2.15. The number of hydrogen-bond acceptors (Lipinski definition) is 3. The van der Waals surface area contributed by atoms with E-state index >= 15 is 0 Å². The number of para-hydroxylation sites is 1. The van der Waals surface area contributed by atoms with E-state index in [-0.39, 0.29) is 6.61 Å². The molecule has 0 atom stereocenters. The maximum atomic E-state index is 11.8. The monoisotopic (exact) mass is 255 g/mol. The topological polar surface area (TPSA) is 46.6 Å². The van der Waals surface area contributed by atoms with Crippen LogP contribution in [0.3, 0.4) is 0 Å². The van der Waals surface area contributed by atoms with Crippen LogP contribution in [0.1, 0.15) is 5.56 Å². The van der Waals surface area contributed by atoms with Crippen LogP contribution in [0, 0.1) is 0 Å². The van der Waals surface area contributed by atoms with Crippen LogP contribution < -0.4 is 4.90 Å². The molecule has 0 aromatic heterocycles. The van der Waals surface area contributed by atoms with Crippen LogP contribution in [0.2, 0.25) is 0 Å². The van der Waals surface area contributed by atoms with Crippen molar-refractivity contribution in [2.24, 2.45) is 0 Å². The quantitative estimate of drug-likeness (QED) is 0.789. The van der Waals surface area contributed by atoms with Crippen molar-refractivity contribution in [2.45, 2.75) is 6.61 Å². The number of benzene rings is 2. The Balaban J connectivity index is 2.00. The van der Waals surface area contributed by atoms with Gasteiger partial charge in [-0.15, -0.1) is 0 Å². The third-order valence-corrected chi connectivity index (χ3v) is 2.54. The molecule has 4 nitrogen and oxygen atoms in total. The van der Waals surface area contributed by atoms with Gasteiger partial charge in [0.1, 0.15) is 6.61 Å². The minimum Gasteiger partial charge on any atom is -0.444 e. The van der Waals surface area contributed by atoms with Crippen LogP contribution in [0.15, 0.2) is 60.7 Å². The molecule has 0 aliphatic carbocycles. The molecular weight excluding hydrogens is 242 g/mol. The summed E-state index contributed by atoms with van der Waals surface area (Å²) in [5.41, 5.74) is 1.35. The first-order valence-corrected chi connectivity index (χ1v) is 5.81. The molecule has 2 amide bonds. The Morgan fingerprint density at radius 1 is 1.00 bits per heavy atom. The normalized spacial score (nSPS) is 9.68. The summed E-state index contributed by atoms with van der Waals surface area (Å²) in [6.07, 6.45) is -0.243. The van der Waals surface area contributed by atoms with Crippen molar-refractivity contribution >= 4 is 18.2 Å². The van der Waals surface area contributed by atoms with E-state index in [1.165, 1.54) is 0 Å². The second-order valence-corrected chi connectivity index (χ2v) is 3.85. The molecule has 0 saturated heterocycles. The molecule has 0 spiro atoms. The van der Waals surface area contributed by atoms with Crippen molar-refractivity contribution in [1.82, 2.24) is 0 Å². The molecule has 4 heteroatoms. The number of imide groups is 1. The summed E-state index contributed by atoms with van der Waals surface area (Å²) in [7, 11) is 0. The van der Waals surface area contributed by atoms with Gasteiger partial charge in [-0.05, 0) is 17.7 Å². The fourth-order valence-electron chi connectivity index (χ4n) is 1.59. The smallest absolute Gasteiger partial charge is 0.421 e. The van der Waals surface area contributed by atoms with E-state index in [1.54, 1.807) is 24.3 Å². The summed E-state index contributed by atoms with van der Waals surface area (Å²) >= 11 is 0. The van der Waals surface area contributed by atoms with E-state index in [1.807, 2.05) is 36.4 Å². The highest BCUT2D eigenvalue weighted by molar-refractivity contribution is 6.03. The van der Waals surface area contributed by atoms with Gasteiger partial charge in [0, 0.05) is 0 Å². The molecular formula is C15H13NO3. The van der Waals surface area contributed by atoms with Crippen LogP contribution in [0.5, 0.6) is 0 Å². The van der Waals surface area contributed by atoms with Gasteiger partial charge >= 0.3 is 6.09 Å². The number of carbonyl (C=O) groups is 2. The van der Waals surface area contributed by atoms with Crippen molar-refractivity contribution in [3.05, 3.63) is 66.2 Å². The number of amides is 2. The van der Waals surface area contributed by atoms with Gasteiger partial charge < -0.3 is 4.74 Å². The lowest BCUT2D eigenvalue weighted by Crippen LogP contribution is -2.29. The van der Waals surface area contributed by atoms with E-state index in [2.05, 4.69) is 0 Å². The van der Waals surface area contributed by atoms with Gasteiger partial charge in [-0.1, -0.05) is 48.5 Å². The lowest BCUT2D eigenvalue weighted by Gasteiger charge is -2.15. The maximum Gasteiger partial charge on any atom is 0.421 e. The molecule has 0 fully saturated rings. The number of carbonyl (C=O) groups excluding carboxylic acids is 2. The summed E-state index contributed by atoms with van der Waals surface area (Å²) < 4.78 is 5.09. The van der Waals surface area contributed by atoms with E-state index in [0.717, 1.165) is 10.5 Å². The van der Waals surface area contributed by atoms with E-state index in [4.69, 9.17) is 4.74 Å². The first-order valence-electron chi connectivity index (χ1n) is 5.81. The second kappa shape index (κ2) is 6.35. The molecule has 0 saturated carbocycles. The average molecular weight is 255 g/mol. The van der Waals surface area contributed by atoms with Crippen LogP contribution in [-0.2, 0) is 16.1 Å². The van der Waals surface area contributed by atoms with Crippen LogP contribution >= 0.6 is 0 Å². The predicted molar refractivity (Wildman–Crippen MR) is 71.6 cm³/mol. The van der Waals surface area contributed by atoms with Gasteiger partial charge in [0.15, 0.2) is 0 Å². The summed E-state index contributed by atoms with van der Waals surface area (Å²) in [6.45, 7) is 0.136.